The third-order valence-electron chi connectivity index (χ3n) is 3.04. The number of hydrogen-bond donors (Lipinski definition) is 1. The molecule has 1 aromatic carbocycles. The minimum Gasteiger partial charge on any atom is -0.468 e. The van der Waals surface area contributed by atoms with Crippen molar-refractivity contribution in [2.24, 2.45) is 0 Å². The van der Waals surface area contributed by atoms with Gasteiger partial charge in [0.25, 0.3) is 0 Å². The van der Waals surface area contributed by atoms with Crippen LogP contribution >= 0.6 is 35.3 Å². The van der Waals surface area contributed by atoms with Gasteiger partial charge in [0.15, 0.2) is 0 Å². The molecule has 6 heteroatoms. The maximum Gasteiger partial charge on any atom is 0.327 e. The van der Waals surface area contributed by atoms with Crippen molar-refractivity contribution in [1.29, 1.82) is 0 Å². The molecule has 1 unspecified atom stereocenters. The molecule has 3 nitrogen and oxygen atoms in total. The number of methoxy groups -OCH3 is 1. The summed E-state index contributed by atoms with van der Waals surface area (Å²) in [4.78, 5) is 13.2. The zero-order valence-corrected chi connectivity index (χ0v) is 14.1. The van der Waals surface area contributed by atoms with Gasteiger partial charge in [0, 0.05) is 15.9 Å². The summed E-state index contributed by atoms with van der Waals surface area (Å²) in [6, 6.07) is 10.8. The molecule has 0 aliphatic carbocycles. The molecule has 0 fully saturated rings. The molecule has 0 spiro atoms. The summed E-state index contributed by atoms with van der Waals surface area (Å²) in [5, 5.41) is 5.84. The molecule has 0 radical (unpaired) electrons. The second kappa shape index (κ2) is 8.39. The highest BCUT2D eigenvalue weighted by Gasteiger charge is 2.25. The molecular formula is C15H17Cl2NO2S. The monoisotopic (exact) mass is 345 g/mol. The third kappa shape index (κ3) is 4.45. The first-order valence-corrected chi connectivity index (χ1v) is 7.51. The van der Waals surface area contributed by atoms with E-state index < -0.39 is 6.04 Å². The molecule has 0 aliphatic heterocycles. The second-order valence-electron chi connectivity index (χ2n) is 4.38. The molecule has 0 saturated heterocycles. The van der Waals surface area contributed by atoms with E-state index in [1.54, 1.807) is 17.4 Å². The zero-order chi connectivity index (χ0) is 14.5. The molecule has 0 saturated carbocycles. The van der Waals surface area contributed by atoms with E-state index >= 15 is 0 Å². The van der Waals surface area contributed by atoms with Crippen LogP contribution in [0, 0.1) is 0 Å². The number of rotatable bonds is 5. The van der Waals surface area contributed by atoms with Gasteiger partial charge in [0.2, 0.25) is 0 Å². The third-order valence-corrected chi connectivity index (χ3v) is 4.44. The maximum absolute atomic E-state index is 12.0. The Bertz CT molecular complexity index is 575. The van der Waals surface area contributed by atoms with Crippen LogP contribution in [-0.2, 0) is 9.53 Å². The molecule has 1 aromatic heterocycles. The number of carbonyl (C=O) groups excluding carboxylic acids is 1. The second-order valence-corrected chi connectivity index (χ2v) is 5.77. The van der Waals surface area contributed by atoms with E-state index in [1.807, 2.05) is 42.6 Å². The molecule has 1 N–H and O–H groups in total. The van der Waals surface area contributed by atoms with Crippen molar-refractivity contribution >= 4 is 41.3 Å². The van der Waals surface area contributed by atoms with Gasteiger partial charge < -0.3 is 4.74 Å². The largest absolute Gasteiger partial charge is 0.468 e. The van der Waals surface area contributed by atoms with Crippen LogP contribution in [0.2, 0.25) is 5.02 Å². The average molecular weight is 346 g/mol. The first kappa shape index (κ1) is 18.0. The number of esters is 1. The Kier molecular flexibility index (Phi) is 7.18. The standard InChI is InChI=1S/C15H16ClNO2S.ClH/c1-10(13-8-5-9-20-13)17-14(15(18)19-2)11-6-3-4-7-12(11)16;/h3-10,14,17H,1-2H3;1H/t10?,14-;/m0./s1. The number of carbonyl (C=O) groups is 1. The molecule has 0 bridgehead atoms. The van der Waals surface area contributed by atoms with Crippen LogP contribution in [0.5, 0.6) is 0 Å². The van der Waals surface area contributed by atoms with Gasteiger partial charge in [0.1, 0.15) is 6.04 Å². The molecule has 21 heavy (non-hydrogen) atoms. The van der Waals surface area contributed by atoms with Gasteiger partial charge in [-0.25, -0.2) is 4.79 Å². The summed E-state index contributed by atoms with van der Waals surface area (Å²) in [6.07, 6.45) is 0. The molecule has 2 rings (SSSR count). The summed E-state index contributed by atoms with van der Waals surface area (Å²) in [5.74, 6) is -0.346. The van der Waals surface area contributed by atoms with Crippen molar-refractivity contribution in [1.82, 2.24) is 5.32 Å². The normalized spacial score (nSPS) is 13.1. The summed E-state index contributed by atoms with van der Waals surface area (Å²) in [6.45, 7) is 2.01. The highest BCUT2D eigenvalue weighted by molar-refractivity contribution is 7.10. The number of benzene rings is 1. The van der Waals surface area contributed by atoms with E-state index in [9.17, 15) is 4.79 Å². The van der Waals surface area contributed by atoms with E-state index in [4.69, 9.17) is 16.3 Å². The van der Waals surface area contributed by atoms with E-state index in [0.717, 1.165) is 10.4 Å². The van der Waals surface area contributed by atoms with E-state index in [-0.39, 0.29) is 24.4 Å². The Morgan fingerprint density at radius 1 is 1.29 bits per heavy atom. The Morgan fingerprint density at radius 2 is 2.00 bits per heavy atom. The van der Waals surface area contributed by atoms with E-state index in [1.165, 1.54) is 7.11 Å². The predicted octanol–water partition coefficient (Wildman–Crippen LogP) is 4.39. The van der Waals surface area contributed by atoms with Crippen molar-refractivity contribution in [2.75, 3.05) is 7.11 Å². The van der Waals surface area contributed by atoms with Gasteiger partial charge in [-0.05, 0) is 30.0 Å². The fourth-order valence-corrected chi connectivity index (χ4v) is 2.97. The first-order chi connectivity index (χ1) is 9.63. The fraction of sp³-hybridized carbons (Fsp3) is 0.267. The Balaban J connectivity index is 0.00000220. The van der Waals surface area contributed by atoms with Gasteiger partial charge in [-0.3, -0.25) is 5.32 Å². The van der Waals surface area contributed by atoms with Crippen LogP contribution in [0.15, 0.2) is 41.8 Å². The van der Waals surface area contributed by atoms with Crippen molar-refractivity contribution in [2.45, 2.75) is 19.0 Å². The number of thiophene rings is 1. The smallest absolute Gasteiger partial charge is 0.327 e. The Labute approximate surface area is 139 Å². The SMILES string of the molecule is COC(=O)[C@@H](NC(C)c1cccs1)c1ccccc1Cl.Cl. The molecular weight excluding hydrogens is 329 g/mol. The Hall–Kier alpha value is -1.07. The maximum atomic E-state index is 12.0. The topological polar surface area (TPSA) is 38.3 Å². The summed E-state index contributed by atoms with van der Waals surface area (Å²) in [5.41, 5.74) is 0.726. The van der Waals surface area contributed by atoms with Crippen molar-refractivity contribution in [3.05, 3.63) is 57.2 Å². The lowest BCUT2D eigenvalue weighted by Crippen LogP contribution is -2.31. The van der Waals surface area contributed by atoms with E-state index in [0.29, 0.717) is 5.02 Å². The van der Waals surface area contributed by atoms with Crippen molar-refractivity contribution in [3.8, 4) is 0 Å². The summed E-state index contributed by atoms with van der Waals surface area (Å²) < 4.78 is 4.88. The van der Waals surface area contributed by atoms with Crippen molar-refractivity contribution in [3.63, 3.8) is 0 Å². The van der Waals surface area contributed by atoms with Gasteiger partial charge in [-0.1, -0.05) is 35.9 Å². The fourth-order valence-electron chi connectivity index (χ4n) is 1.98. The van der Waals surface area contributed by atoms with Gasteiger partial charge in [0.05, 0.1) is 7.11 Å². The predicted molar refractivity (Wildman–Crippen MR) is 89.3 cm³/mol. The van der Waals surface area contributed by atoms with E-state index in [2.05, 4.69) is 5.32 Å². The van der Waals surface area contributed by atoms with Crippen LogP contribution in [-0.4, -0.2) is 13.1 Å². The molecule has 2 aromatic rings. The quantitative estimate of drug-likeness (QED) is 0.816. The number of halogens is 2. The van der Waals surface area contributed by atoms with Gasteiger partial charge in [-0.15, -0.1) is 23.7 Å². The highest BCUT2D eigenvalue weighted by Crippen LogP contribution is 2.27. The van der Waals surface area contributed by atoms with Crippen LogP contribution < -0.4 is 5.32 Å². The Morgan fingerprint density at radius 3 is 2.57 bits per heavy atom. The minimum absolute atomic E-state index is 0. The molecule has 1 heterocycles. The first-order valence-electron chi connectivity index (χ1n) is 6.25. The average Bonchev–Trinajstić information content (AvgIpc) is 2.99. The van der Waals surface area contributed by atoms with Crippen LogP contribution in [0.1, 0.15) is 29.4 Å². The number of hydrogen-bond acceptors (Lipinski definition) is 4. The zero-order valence-electron chi connectivity index (χ0n) is 11.7. The number of ether oxygens (including phenoxy) is 1. The molecule has 114 valence electrons. The van der Waals surface area contributed by atoms with Gasteiger partial charge in [-0.2, -0.15) is 0 Å². The van der Waals surface area contributed by atoms with Crippen LogP contribution in [0.3, 0.4) is 0 Å². The van der Waals surface area contributed by atoms with Gasteiger partial charge >= 0.3 is 5.97 Å². The molecule has 2 atom stereocenters. The lowest BCUT2D eigenvalue weighted by Gasteiger charge is -2.22. The minimum atomic E-state index is -0.578. The number of nitrogens with one attached hydrogen (secondary N) is 1. The molecule has 0 aliphatic rings. The lowest BCUT2D eigenvalue weighted by atomic mass is 10.1. The lowest BCUT2D eigenvalue weighted by molar-refractivity contribution is -0.143. The van der Waals surface area contributed by atoms with Crippen molar-refractivity contribution < 1.29 is 9.53 Å². The highest BCUT2D eigenvalue weighted by atomic mass is 35.5. The van der Waals surface area contributed by atoms with Crippen LogP contribution in [0.4, 0.5) is 0 Å². The summed E-state index contributed by atoms with van der Waals surface area (Å²) >= 11 is 7.83. The summed E-state index contributed by atoms with van der Waals surface area (Å²) in [7, 11) is 1.38. The molecule has 0 amide bonds. The van der Waals surface area contributed by atoms with Crippen LogP contribution in [0.25, 0.3) is 0 Å².